The Kier molecular flexibility index (Phi) is 23.1. The molecular weight excluding hydrogens is 687 g/mol. The van der Waals surface area contributed by atoms with Crippen LogP contribution in [0.15, 0.2) is 47.3 Å². The average molecular weight is 704 g/mol. The molecule has 0 atom stereocenters. The van der Waals surface area contributed by atoms with Gasteiger partial charge in [0.25, 0.3) is 0 Å². The van der Waals surface area contributed by atoms with Crippen LogP contribution >= 0.6 is 0 Å². The van der Waals surface area contributed by atoms with Gasteiger partial charge in [-0.1, -0.05) is 0 Å². The van der Waals surface area contributed by atoms with Gasteiger partial charge in [-0.3, -0.25) is 19.2 Å². The topological polar surface area (TPSA) is 161 Å². The molecular formula is C20H16F12O8Zr. The molecule has 0 saturated heterocycles. The van der Waals surface area contributed by atoms with E-state index in [1.54, 1.807) is 0 Å². The first kappa shape index (κ1) is 47.7. The second kappa shape index (κ2) is 19.9. The fraction of sp³-hybridized carbons (Fsp3) is 0.400. The molecule has 41 heavy (non-hydrogen) atoms. The Bertz CT molecular complexity index is 840. The maximum atomic E-state index is 11.3. The summed E-state index contributed by atoms with van der Waals surface area (Å²) in [6, 6.07) is 0. The number of hydrogen-bond donors (Lipinski definition) is 0. The summed E-state index contributed by atoms with van der Waals surface area (Å²) >= 11 is 0. The van der Waals surface area contributed by atoms with E-state index in [0.717, 1.165) is 27.7 Å². The normalized spacial score (nSPS) is 13.1. The summed E-state index contributed by atoms with van der Waals surface area (Å²) in [5, 5.41) is 39.5. The molecule has 0 aliphatic carbocycles. The van der Waals surface area contributed by atoms with E-state index in [2.05, 4.69) is 0 Å². The van der Waals surface area contributed by atoms with Crippen molar-refractivity contribution in [1.82, 2.24) is 0 Å². The van der Waals surface area contributed by atoms with E-state index in [-0.39, 0.29) is 50.5 Å². The van der Waals surface area contributed by atoms with Gasteiger partial charge in [-0.25, -0.2) is 0 Å². The van der Waals surface area contributed by atoms with Gasteiger partial charge >= 0.3 is 50.9 Å². The summed E-state index contributed by atoms with van der Waals surface area (Å²) in [6.07, 6.45) is -19.6. The molecule has 0 aromatic heterocycles. The molecule has 0 N–H and O–H groups in total. The van der Waals surface area contributed by atoms with E-state index < -0.39 is 70.9 Å². The molecule has 0 amide bonds. The maximum absolute atomic E-state index is 11.3. The molecule has 0 aromatic carbocycles. The van der Waals surface area contributed by atoms with Gasteiger partial charge in [-0.15, -0.1) is 0 Å². The minimum Gasteiger partial charge on any atom is -0.869 e. The average Bonchev–Trinajstić information content (AvgIpc) is 2.64. The van der Waals surface area contributed by atoms with Crippen molar-refractivity contribution in [1.29, 1.82) is 0 Å². The van der Waals surface area contributed by atoms with Crippen molar-refractivity contribution in [2.24, 2.45) is 0 Å². The van der Waals surface area contributed by atoms with Gasteiger partial charge in [0.1, 0.15) is 0 Å². The molecule has 0 aromatic rings. The largest absolute Gasteiger partial charge is 4.00 e. The monoisotopic (exact) mass is 702 g/mol. The number of allylic oxidation sites excluding steroid dienone is 8. The molecule has 0 radical (unpaired) electrons. The molecule has 0 fully saturated rings. The van der Waals surface area contributed by atoms with Crippen molar-refractivity contribution < 1.29 is 118 Å². The van der Waals surface area contributed by atoms with Crippen LogP contribution in [0.2, 0.25) is 0 Å². The predicted molar refractivity (Wildman–Crippen MR) is 99.3 cm³/mol. The first-order valence-corrected chi connectivity index (χ1v) is 9.21. The number of halogens is 12. The summed E-state index contributed by atoms with van der Waals surface area (Å²) in [4.78, 5) is 39.7. The Labute approximate surface area is 241 Å². The quantitative estimate of drug-likeness (QED) is 0.242. The molecule has 0 unspecified atom stereocenters. The number of ketones is 4. The maximum Gasteiger partial charge on any atom is 4.00 e. The number of carbonyl (C=O) groups excluding carboxylic acids is 4. The van der Waals surface area contributed by atoms with E-state index in [1.165, 1.54) is 0 Å². The first-order chi connectivity index (χ1) is 17.3. The van der Waals surface area contributed by atoms with Crippen LogP contribution in [0.3, 0.4) is 0 Å². The number of rotatable bonds is 4. The third-order valence-electron chi connectivity index (χ3n) is 2.45. The Morgan fingerprint density at radius 3 is 0.512 bits per heavy atom. The van der Waals surface area contributed by atoms with Crippen LogP contribution in [0, 0.1) is 0 Å². The Morgan fingerprint density at radius 1 is 0.390 bits per heavy atom. The van der Waals surface area contributed by atoms with Gasteiger partial charge in [-0.2, -0.15) is 52.7 Å². The van der Waals surface area contributed by atoms with Crippen LogP contribution in [0.5, 0.6) is 0 Å². The number of hydrogen-bond acceptors (Lipinski definition) is 8. The Hall–Kier alpha value is -3.12. The minimum absolute atomic E-state index is 0. The van der Waals surface area contributed by atoms with Crippen molar-refractivity contribution in [3.05, 3.63) is 47.3 Å². The van der Waals surface area contributed by atoms with Crippen LogP contribution in [0.4, 0.5) is 52.7 Å². The van der Waals surface area contributed by atoms with Crippen LogP contribution in [-0.4, -0.2) is 47.8 Å². The second-order valence-electron chi connectivity index (χ2n) is 6.47. The number of alkyl halides is 12. The van der Waals surface area contributed by atoms with Gasteiger partial charge in [0.05, 0.1) is 0 Å². The van der Waals surface area contributed by atoms with E-state index in [4.69, 9.17) is 0 Å². The smallest absolute Gasteiger partial charge is 0.869 e. The van der Waals surface area contributed by atoms with Gasteiger partial charge in [-0.05, 0) is 75.0 Å². The van der Waals surface area contributed by atoms with Gasteiger partial charge in [0.2, 0.25) is 0 Å². The van der Waals surface area contributed by atoms with Crippen LogP contribution in [0.25, 0.3) is 0 Å². The molecule has 0 aliphatic heterocycles. The van der Waals surface area contributed by atoms with Gasteiger partial charge in [0, 0.05) is 0 Å². The predicted octanol–water partition coefficient (Wildman–Crippen LogP) is 1.53. The van der Waals surface area contributed by atoms with Crippen molar-refractivity contribution in [3.63, 3.8) is 0 Å². The van der Waals surface area contributed by atoms with E-state index in [1.807, 2.05) is 0 Å². The molecule has 0 bridgehead atoms. The molecule has 8 nitrogen and oxygen atoms in total. The van der Waals surface area contributed by atoms with Crippen molar-refractivity contribution in [3.8, 4) is 0 Å². The molecule has 0 saturated carbocycles. The zero-order valence-electron chi connectivity index (χ0n) is 20.6. The SMILES string of the molecule is CC(=O)/C=C(/[O-])C(F)(F)F.CC(=O)/C=C(/[O-])C(F)(F)F.CC(=O)/C=C(/[O-])C(F)(F)F.CC(=O)/C=C(\[O-])C(F)(F)F.[Zr+4]. The summed E-state index contributed by atoms with van der Waals surface area (Å²) in [5.74, 6) is -12.0. The summed E-state index contributed by atoms with van der Waals surface area (Å²) in [5.41, 5.74) is 0. The van der Waals surface area contributed by atoms with Gasteiger partial charge in [0.15, 0.2) is 23.1 Å². The van der Waals surface area contributed by atoms with Crippen LogP contribution in [-0.2, 0) is 45.4 Å². The van der Waals surface area contributed by atoms with E-state index in [9.17, 15) is 92.3 Å². The molecule has 21 heteroatoms. The van der Waals surface area contributed by atoms with Crippen molar-refractivity contribution in [2.45, 2.75) is 52.4 Å². The third-order valence-corrected chi connectivity index (χ3v) is 2.45. The minimum atomic E-state index is -4.92. The van der Waals surface area contributed by atoms with Crippen LogP contribution < -0.4 is 20.4 Å². The van der Waals surface area contributed by atoms with E-state index >= 15 is 0 Å². The summed E-state index contributed by atoms with van der Waals surface area (Å²) in [7, 11) is 0. The zero-order chi connectivity index (χ0) is 33.4. The fourth-order valence-corrected chi connectivity index (χ4v) is 1.07. The molecule has 0 aliphatic rings. The molecule has 0 rings (SSSR count). The van der Waals surface area contributed by atoms with Crippen LogP contribution in [0.1, 0.15) is 27.7 Å². The fourth-order valence-electron chi connectivity index (χ4n) is 1.07. The summed E-state index contributed by atoms with van der Waals surface area (Å²) < 4.78 is 135. The van der Waals surface area contributed by atoms with Crippen molar-refractivity contribution >= 4 is 23.1 Å². The van der Waals surface area contributed by atoms with Gasteiger partial charge < -0.3 is 20.4 Å². The second-order valence-corrected chi connectivity index (χ2v) is 6.47. The number of carbonyl (C=O) groups is 4. The molecule has 0 spiro atoms. The van der Waals surface area contributed by atoms with Crippen molar-refractivity contribution in [2.75, 3.05) is 0 Å². The molecule has 232 valence electrons. The Morgan fingerprint density at radius 2 is 0.488 bits per heavy atom. The zero-order valence-corrected chi connectivity index (χ0v) is 23.1. The first-order valence-electron chi connectivity index (χ1n) is 9.21. The Balaban J connectivity index is -0.000000139. The summed E-state index contributed by atoms with van der Waals surface area (Å²) in [6.45, 7) is 3.51. The third kappa shape index (κ3) is 33.0. The standard InChI is InChI=1S/4C5H5F3O2.Zr/c4*1-3(9)2-4(10)5(6,7)8;/h4*2,10H,1H3;/q;;;;+4/p-4/b3*4-2+;4-2-;. The van der Waals surface area contributed by atoms with E-state index in [0.29, 0.717) is 0 Å². The molecule has 0 heterocycles.